The lowest BCUT2D eigenvalue weighted by Crippen LogP contribution is -2.33. The molecule has 2 aromatic carbocycles. The van der Waals surface area contributed by atoms with Gasteiger partial charge in [-0.1, -0.05) is 26.0 Å². The molecule has 0 aliphatic carbocycles. The molecule has 1 aliphatic heterocycles. The lowest BCUT2D eigenvalue weighted by molar-refractivity contribution is 0.0636. The average Bonchev–Trinajstić information content (AvgIpc) is 2.86. The van der Waals surface area contributed by atoms with E-state index in [1.165, 1.54) is 12.0 Å². The van der Waals surface area contributed by atoms with Crippen molar-refractivity contribution in [3.63, 3.8) is 0 Å². The zero-order chi connectivity index (χ0) is 18.8. The van der Waals surface area contributed by atoms with Gasteiger partial charge in [-0.05, 0) is 36.2 Å². The maximum Gasteiger partial charge on any atom is 0.261 e. The zero-order valence-corrected chi connectivity index (χ0v) is 14.9. The Labute approximate surface area is 151 Å². The molecule has 0 saturated heterocycles. The van der Waals surface area contributed by atoms with E-state index < -0.39 is 0 Å². The highest BCUT2D eigenvalue weighted by Crippen LogP contribution is 2.27. The van der Waals surface area contributed by atoms with Crippen LogP contribution in [0.2, 0.25) is 0 Å². The van der Waals surface area contributed by atoms with Gasteiger partial charge in [0.25, 0.3) is 17.7 Å². The fourth-order valence-electron chi connectivity index (χ4n) is 2.93. The molecule has 2 aromatic rings. The fourth-order valence-corrected chi connectivity index (χ4v) is 2.93. The molecule has 1 aliphatic rings. The number of imide groups is 1. The van der Waals surface area contributed by atoms with Crippen molar-refractivity contribution in [2.24, 2.45) is 5.92 Å². The van der Waals surface area contributed by atoms with Crippen LogP contribution >= 0.6 is 0 Å². The molecular formula is C20H20N2O4. The summed E-state index contributed by atoms with van der Waals surface area (Å²) in [5.74, 6) is -0.325. The minimum Gasteiger partial charge on any atom is -0.496 e. The molecule has 3 rings (SSSR count). The minimum atomic E-state index is -0.349. The van der Waals surface area contributed by atoms with Crippen LogP contribution < -0.4 is 10.1 Å². The smallest absolute Gasteiger partial charge is 0.261 e. The summed E-state index contributed by atoms with van der Waals surface area (Å²) in [6, 6.07) is 11.6. The Morgan fingerprint density at radius 3 is 2.46 bits per heavy atom. The van der Waals surface area contributed by atoms with Gasteiger partial charge in [0, 0.05) is 12.2 Å². The topological polar surface area (TPSA) is 75.7 Å². The Morgan fingerprint density at radius 1 is 1.08 bits per heavy atom. The predicted molar refractivity (Wildman–Crippen MR) is 97.6 cm³/mol. The van der Waals surface area contributed by atoms with Crippen molar-refractivity contribution in [3.8, 4) is 5.75 Å². The predicted octanol–water partition coefficient (Wildman–Crippen LogP) is 3.20. The number of ether oxygens (including phenoxy) is 1. The summed E-state index contributed by atoms with van der Waals surface area (Å²) in [6.45, 7) is 4.26. The van der Waals surface area contributed by atoms with Gasteiger partial charge in [-0.2, -0.15) is 0 Å². The average molecular weight is 352 g/mol. The van der Waals surface area contributed by atoms with E-state index in [9.17, 15) is 14.4 Å². The molecule has 0 unspecified atom stereocenters. The molecule has 3 amide bonds. The number of para-hydroxylation sites is 1. The summed E-state index contributed by atoms with van der Waals surface area (Å²) >= 11 is 0. The quantitative estimate of drug-likeness (QED) is 0.839. The van der Waals surface area contributed by atoms with E-state index >= 15 is 0 Å². The number of carbonyl (C=O) groups is 3. The fraction of sp³-hybridized carbons (Fsp3) is 0.250. The largest absolute Gasteiger partial charge is 0.496 e. The van der Waals surface area contributed by atoms with E-state index in [-0.39, 0.29) is 23.6 Å². The van der Waals surface area contributed by atoms with Crippen molar-refractivity contribution in [2.75, 3.05) is 19.0 Å². The summed E-state index contributed by atoms with van der Waals surface area (Å²) in [4.78, 5) is 38.7. The van der Waals surface area contributed by atoms with Crippen LogP contribution in [0.15, 0.2) is 42.5 Å². The number of anilines is 1. The third kappa shape index (κ3) is 3.18. The number of nitrogens with zero attached hydrogens (tertiary/aromatic N) is 1. The van der Waals surface area contributed by atoms with E-state index in [1.807, 2.05) is 13.8 Å². The van der Waals surface area contributed by atoms with E-state index in [2.05, 4.69) is 5.32 Å². The van der Waals surface area contributed by atoms with Crippen molar-refractivity contribution in [1.29, 1.82) is 0 Å². The van der Waals surface area contributed by atoms with Crippen molar-refractivity contribution >= 4 is 23.4 Å². The molecule has 6 heteroatoms. The van der Waals surface area contributed by atoms with Gasteiger partial charge >= 0.3 is 0 Å². The Kier molecular flexibility index (Phi) is 4.75. The van der Waals surface area contributed by atoms with Crippen LogP contribution in [0.5, 0.6) is 5.75 Å². The van der Waals surface area contributed by atoms with Crippen LogP contribution in [0, 0.1) is 5.92 Å². The molecule has 0 atom stereocenters. The highest BCUT2D eigenvalue weighted by Gasteiger charge is 2.35. The SMILES string of the molecule is COc1ccccc1C(=O)Nc1ccc2c(c1)C(=O)N(CC(C)C)C2=O. The normalized spacial score (nSPS) is 13.2. The molecule has 0 spiro atoms. The molecular weight excluding hydrogens is 332 g/mol. The van der Waals surface area contributed by atoms with Crippen LogP contribution in [0.4, 0.5) is 5.69 Å². The summed E-state index contributed by atoms with van der Waals surface area (Å²) < 4.78 is 5.19. The molecule has 134 valence electrons. The lowest BCUT2D eigenvalue weighted by Gasteiger charge is -2.15. The first-order chi connectivity index (χ1) is 12.4. The van der Waals surface area contributed by atoms with E-state index in [0.29, 0.717) is 34.7 Å². The van der Waals surface area contributed by atoms with Gasteiger partial charge in [-0.25, -0.2) is 0 Å². The molecule has 1 heterocycles. The van der Waals surface area contributed by atoms with E-state index in [4.69, 9.17) is 4.74 Å². The summed E-state index contributed by atoms with van der Waals surface area (Å²) in [5.41, 5.74) is 1.52. The van der Waals surface area contributed by atoms with Gasteiger partial charge in [0.2, 0.25) is 0 Å². The second-order valence-electron chi connectivity index (χ2n) is 6.53. The highest BCUT2D eigenvalue weighted by molar-refractivity contribution is 6.22. The second-order valence-corrected chi connectivity index (χ2v) is 6.53. The van der Waals surface area contributed by atoms with Crippen molar-refractivity contribution in [1.82, 2.24) is 4.90 Å². The maximum absolute atomic E-state index is 12.5. The third-order valence-electron chi connectivity index (χ3n) is 4.13. The Morgan fingerprint density at radius 2 is 1.77 bits per heavy atom. The Balaban J connectivity index is 1.85. The van der Waals surface area contributed by atoms with Gasteiger partial charge in [-0.3, -0.25) is 19.3 Å². The van der Waals surface area contributed by atoms with E-state index in [1.54, 1.807) is 42.5 Å². The van der Waals surface area contributed by atoms with Crippen LogP contribution in [-0.2, 0) is 0 Å². The number of hydrogen-bond acceptors (Lipinski definition) is 4. The standard InChI is InChI=1S/C20H20N2O4/c1-12(2)11-22-19(24)14-9-8-13(10-16(14)20(22)25)21-18(23)15-6-4-5-7-17(15)26-3/h4-10,12H,11H2,1-3H3,(H,21,23). The molecule has 0 radical (unpaired) electrons. The van der Waals surface area contributed by atoms with Gasteiger partial charge in [-0.15, -0.1) is 0 Å². The van der Waals surface area contributed by atoms with Crippen molar-refractivity contribution in [2.45, 2.75) is 13.8 Å². The number of benzene rings is 2. The van der Waals surface area contributed by atoms with Crippen LogP contribution in [0.1, 0.15) is 44.9 Å². The molecule has 0 aromatic heterocycles. The summed E-state index contributed by atoms with van der Waals surface area (Å²) in [5, 5.41) is 2.75. The molecule has 0 saturated carbocycles. The zero-order valence-electron chi connectivity index (χ0n) is 14.9. The third-order valence-corrected chi connectivity index (χ3v) is 4.13. The highest BCUT2D eigenvalue weighted by atomic mass is 16.5. The molecule has 1 N–H and O–H groups in total. The number of nitrogens with one attached hydrogen (secondary N) is 1. The van der Waals surface area contributed by atoms with Gasteiger partial charge in [0.05, 0.1) is 23.8 Å². The van der Waals surface area contributed by atoms with Crippen LogP contribution in [0.3, 0.4) is 0 Å². The first-order valence-electron chi connectivity index (χ1n) is 8.37. The lowest BCUT2D eigenvalue weighted by atomic mass is 10.1. The number of carbonyl (C=O) groups excluding carboxylic acids is 3. The number of hydrogen-bond donors (Lipinski definition) is 1. The number of rotatable bonds is 5. The van der Waals surface area contributed by atoms with Gasteiger partial charge in [0.15, 0.2) is 0 Å². The molecule has 6 nitrogen and oxygen atoms in total. The number of methoxy groups -OCH3 is 1. The molecule has 26 heavy (non-hydrogen) atoms. The van der Waals surface area contributed by atoms with Crippen molar-refractivity contribution in [3.05, 3.63) is 59.2 Å². The van der Waals surface area contributed by atoms with Gasteiger partial charge in [0.1, 0.15) is 5.75 Å². The van der Waals surface area contributed by atoms with Crippen LogP contribution in [0.25, 0.3) is 0 Å². The molecule has 0 fully saturated rings. The maximum atomic E-state index is 12.5. The second kappa shape index (κ2) is 7.00. The summed E-state index contributed by atoms with van der Waals surface area (Å²) in [6.07, 6.45) is 0. The first kappa shape index (κ1) is 17.7. The van der Waals surface area contributed by atoms with Crippen LogP contribution in [-0.4, -0.2) is 36.3 Å². The number of amides is 3. The monoisotopic (exact) mass is 352 g/mol. The minimum absolute atomic E-state index is 0.182. The summed E-state index contributed by atoms with van der Waals surface area (Å²) in [7, 11) is 1.50. The van der Waals surface area contributed by atoms with E-state index in [0.717, 1.165) is 0 Å². The Hall–Kier alpha value is -3.15. The first-order valence-corrected chi connectivity index (χ1v) is 8.37. The van der Waals surface area contributed by atoms with Gasteiger partial charge < -0.3 is 10.1 Å². The molecule has 0 bridgehead atoms. The number of fused-ring (bicyclic) bond motifs is 1. The Bertz CT molecular complexity index is 889. The van der Waals surface area contributed by atoms with Crippen molar-refractivity contribution < 1.29 is 19.1 Å².